The number of thioether (sulfide) groups is 1. The van der Waals surface area contributed by atoms with E-state index < -0.39 is 0 Å². The molecule has 3 heterocycles. The van der Waals surface area contributed by atoms with Crippen molar-refractivity contribution in [1.82, 2.24) is 14.5 Å². The molecule has 0 aliphatic carbocycles. The van der Waals surface area contributed by atoms with Gasteiger partial charge in [0.2, 0.25) is 0 Å². The van der Waals surface area contributed by atoms with Crippen LogP contribution in [-0.2, 0) is 6.54 Å². The monoisotopic (exact) mass is 265 g/mol. The predicted molar refractivity (Wildman–Crippen MR) is 75.0 cm³/mol. The lowest BCUT2D eigenvalue weighted by atomic mass is 10.0. The summed E-state index contributed by atoms with van der Waals surface area (Å²) in [7, 11) is 0. The second-order valence-electron chi connectivity index (χ2n) is 4.49. The number of fused-ring (bicyclic) bond motifs is 1. The SMILES string of the molecule is S=c1[nH]c2cnccc2n1CC1CCSCC1. The lowest BCUT2D eigenvalue weighted by Gasteiger charge is -2.21. The predicted octanol–water partition coefficient (Wildman–Crippen LogP) is 3.24. The van der Waals surface area contributed by atoms with E-state index in [0.29, 0.717) is 0 Å². The van der Waals surface area contributed by atoms with Crippen LogP contribution >= 0.6 is 24.0 Å². The summed E-state index contributed by atoms with van der Waals surface area (Å²) in [5.41, 5.74) is 2.23. The molecule has 3 rings (SSSR count). The van der Waals surface area contributed by atoms with Crippen LogP contribution in [0.3, 0.4) is 0 Å². The van der Waals surface area contributed by atoms with E-state index in [9.17, 15) is 0 Å². The van der Waals surface area contributed by atoms with Crippen LogP contribution in [0, 0.1) is 10.7 Å². The molecule has 17 heavy (non-hydrogen) atoms. The molecule has 0 radical (unpaired) electrons. The van der Waals surface area contributed by atoms with Crippen LogP contribution in [0.2, 0.25) is 0 Å². The minimum atomic E-state index is 0.773. The Morgan fingerprint density at radius 2 is 2.29 bits per heavy atom. The van der Waals surface area contributed by atoms with E-state index in [1.807, 2.05) is 18.5 Å². The highest BCUT2D eigenvalue weighted by molar-refractivity contribution is 7.99. The molecule has 1 aliphatic heterocycles. The molecule has 0 spiro atoms. The second-order valence-corrected chi connectivity index (χ2v) is 6.10. The second kappa shape index (κ2) is 4.82. The minimum Gasteiger partial charge on any atom is -0.329 e. The Balaban J connectivity index is 1.93. The summed E-state index contributed by atoms with van der Waals surface area (Å²) in [5, 5.41) is 0. The Bertz CT molecular complexity index is 566. The van der Waals surface area contributed by atoms with Crippen LogP contribution in [-0.4, -0.2) is 26.0 Å². The number of hydrogen-bond acceptors (Lipinski definition) is 3. The normalized spacial score (nSPS) is 17.6. The fourth-order valence-corrected chi connectivity index (χ4v) is 3.87. The first-order chi connectivity index (χ1) is 8.34. The number of imidazole rings is 1. The highest BCUT2D eigenvalue weighted by Crippen LogP contribution is 2.25. The number of aromatic nitrogens is 3. The first-order valence-electron chi connectivity index (χ1n) is 5.95. The molecule has 0 unspecified atom stereocenters. The number of rotatable bonds is 2. The first-order valence-corrected chi connectivity index (χ1v) is 7.51. The van der Waals surface area contributed by atoms with Gasteiger partial charge in [0.1, 0.15) is 0 Å². The molecule has 0 amide bonds. The third kappa shape index (κ3) is 2.26. The van der Waals surface area contributed by atoms with Gasteiger partial charge in [0.25, 0.3) is 0 Å². The zero-order valence-electron chi connectivity index (χ0n) is 9.56. The fraction of sp³-hybridized carbons (Fsp3) is 0.500. The number of hydrogen-bond donors (Lipinski definition) is 1. The van der Waals surface area contributed by atoms with Crippen molar-refractivity contribution in [3.8, 4) is 0 Å². The maximum absolute atomic E-state index is 5.40. The van der Waals surface area contributed by atoms with Crippen molar-refractivity contribution >= 4 is 35.0 Å². The molecule has 0 bridgehead atoms. The Kier molecular flexibility index (Phi) is 3.20. The van der Waals surface area contributed by atoms with Crippen LogP contribution in [0.15, 0.2) is 18.5 Å². The van der Waals surface area contributed by atoms with Crippen molar-refractivity contribution in [3.05, 3.63) is 23.2 Å². The van der Waals surface area contributed by atoms with Crippen LogP contribution < -0.4 is 0 Å². The smallest absolute Gasteiger partial charge is 0.178 e. The fourth-order valence-electron chi connectivity index (χ4n) is 2.38. The van der Waals surface area contributed by atoms with Crippen LogP contribution in [0.5, 0.6) is 0 Å². The van der Waals surface area contributed by atoms with E-state index in [1.165, 1.54) is 29.9 Å². The molecule has 3 nitrogen and oxygen atoms in total. The molecule has 1 saturated heterocycles. The minimum absolute atomic E-state index is 0.773. The quantitative estimate of drug-likeness (QED) is 0.846. The van der Waals surface area contributed by atoms with Gasteiger partial charge in [-0.3, -0.25) is 4.98 Å². The summed E-state index contributed by atoms with van der Waals surface area (Å²) < 4.78 is 3.05. The van der Waals surface area contributed by atoms with Gasteiger partial charge in [0.05, 0.1) is 17.2 Å². The van der Waals surface area contributed by atoms with E-state index in [0.717, 1.165) is 22.8 Å². The molecular weight excluding hydrogens is 250 g/mol. The van der Waals surface area contributed by atoms with E-state index in [1.54, 1.807) is 0 Å². The molecule has 1 aliphatic rings. The van der Waals surface area contributed by atoms with Gasteiger partial charge in [-0.05, 0) is 48.5 Å². The van der Waals surface area contributed by atoms with Crippen molar-refractivity contribution < 1.29 is 0 Å². The van der Waals surface area contributed by atoms with E-state index in [2.05, 4.69) is 26.3 Å². The zero-order valence-corrected chi connectivity index (χ0v) is 11.2. The summed E-state index contributed by atoms with van der Waals surface area (Å²) in [6.45, 7) is 1.05. The van der Waals surface area contributed by atoms with Gasteiger partial charge in [-0.2, -0.15) is 11.8 Å². The largest absolute Gasteiger partial charge is 0.329 e. The summed E-state index contributed by atoms with van der Waals surface area (Å²) in [6, 6.07) is 2.04. The summed E-state index contributed by atoms with van der Waals surface area (Å²) in [6.07, 6.45) is 6.30. The van der Waals surface area contributed by atoms with E-state index in [-0.39, 0.29) is 0 Å². The van der Waals surface area contributed by atoms with Crippen molar-refractivity contribution in [3.63, 3.8) is 0 Å². The zero-order chi connectivity index (χ0) is 11.7. The summed E-state index contributed by atoms with van der Waals surface area (Å²) >= 11 is 7.46. The number of pyridine rings is 1. The van der Waals surface area contributed by atoms with E-state index >= 15 is 0 Å². The molecule has 1 N–H and O–H groups in total. The summed E-state index contributed by atoms with van der Waals surface area (Å²) in [5.74, 6) is 3.36. The van der Waals surface area contributed by atoms with Gasteiger partial charge >= 0.3 is 0 Å². The molecule has 2 aromatic rings. The molecule has 0 atom stereocenters. The third-order valence-corrected chi connectivity index (χ3v) is 4.73. The molecule has 1 fully saturated rings. The molecule has 0 aromatic carbocycles. The van der Waals surface area contributed by atoms with Gasteiger partial charge in [-0.1, -0.05) is 0 Å². The average Bonchev–Trinajstić information content (AvgIpc) is 2.68. The molecular formula is C12H15N3S2. The highest BCUT2D eigenvalue weighted by Gasteiger charge is 2.15. The topological polar surface area (TPSA) is 33.6 Å². The van der Waals surface area contributed by atoms with Gasteiger partial charge in [0.15, 0.2) is 4.77 Å². The van der Waals surface area contributed by atoms with Crippen molar-refractivity contribution in [2.75, 3.05) is 11.5 Å². The first kappa shape index (κ1) is 11.3. The Morgan fingerprint density at radius 1 is 1.47 bits per heavy atom. The number of aromatic amines is 1. The molecule has 2 aromatic heterocycles. The van der Waals surface area contributed by atoms with E-state index in [4.69, 9.17) is 12.2 Å². The third-order valence-electron chi connectivity index (χ3n) is 3.36. The van der Waals surface area contributed by atoms with Crippen molar-refractivity contribution in [1.29, 1.82) is 0 Å². The van der Waals surface area contributed by atoms with Gasteiger partial charge < -0.3 is 9.55 Å². The maximum atomic E-state index is 5.40. The number of nitrogens with zero attached hydrogens (tertiary/aromatic N) is 2. The standard InChI is InChI=1S/C12H15N3S2/c16-12-14-10-7-13-4-1-11(10)15(12)8-9-2-5-17-6-3-9/h1,4,7,9H,2-3,5-6,8H2,(H,14,16). The average molecular weight is 265 g/mol. The van der Waals surface area contributed by atoms with Crippen LogP contribution in [0.4, 0.5) is 0 Å². The Morgan fingerprint density at radius 3 is 3.12 bits per heavy atom. The lowest BCUT2D eigenvalue weighted by molar-refractivity contribution is 0.420. The maximum Gasteiger partial charge on any atom is 0.178 e. The van der Waals surface area contributed by atoms with Crippen molar-refractivity contribution in [2.24, 2.45) is 5.92 Å². The number of H-pyrrole nitrogens is 1. The molecule has 90 valence electrons. The van der Waals surface area contributed by atoms with Crippen molar-refractivity contribution in [2.45, 2.75) is 19.4 Å². The molecule has 0 saturated carbocycles. The lowest BCUT2D eigenvalue weighted by Crippen LogP contribution is -2.16. The van der Waals surface area contributed by atoms with Crippen LogP contribution in [0.1, 0.15) is 12.8 Å². The summed E-state index contributed by atoms with van der Waals surface area (Å²) in [4.78, 5) is 7.35. The molecule has 5 heteroatoms. The van der Waals surface area contributed by atoms with Crippen LogP contribution in [0.25, 0.3) is 11.0 Å². The van der Waals surface area contributed by atoms with Gasteiger partial charge in [-0.15, -0.1) is 0 Å². The van der Waals surface area contributed by atoms with Gasteiger partial charge in [0, 0.05) is 12.7 Å². The Labute approximate surface area is 110 Å². The van der Waals surface area contributed by atoms with Gasteiger partial charge in [-0.25, -0.2) is 0 Å². The number of nitrogens with one attached hydrogen (secondary N) is 1. The highest BCUT2D eigenvalue weighted by atomic mass is 32.2. The Hall–Kier alpha value is -0.810.